The number of quaternary nitrogens is 1. The second-order valence-corrected chi connectivity index (χ2v) is 7.16. The summed E-state index contributed by atoms with van der Waals surface area (Å²) in [6.45, 7) is 7.76. The first-order valence-corrected chi connectivity index (χ1v) is 9.24. The van der Waals surface area contributed by atoms with Crippen LogP contribution in [0.3, 0.4) is 0 Å². The minimum Gasteiger partial charge on any atom is -0.359 e. The lowest BCUT2D eigenvalue weighted by Crippen LogP contribution is -3.14. The maximum atomic E-state index is 12.5. The molecule has 1 amide bonds. The summed E-state index contributed by atoms with van der Waals surface area (Å²) in [5.41, 5.74) is 1.98. The zero-order valence-corrected chi connectivity index (χ0v) is 14.7. The number of anilines is 2. The number of halogens is 1. The molecule has 2 N–H and O–H groups in total. The van der Waals surface area contributed by atoms with Crippen LogP contribution in [-0.4, -0.2) is 38.6 Å². The number of carbonyl (C=O) groups is 1. The van der Waals surface area contributed by atoms with Gasteiger partial charge in [0.25, 0.3) is 0 Å². The lowest BCUT2D eigenvalue weighted by atomic mass is 10.1. The van der Waals surface area contributed by atoms with Crippen LogP contribution in [-0.2, 0) is 4.79 Å². The van der Waals surface area contributed by atoms with Crippen LogP contribution in [0.2, 0.25) is 5.02 Å². The van der Waals surface area contributed by atoms with Crippen molar-refractivity contribution in [2.75, 3.05) is 42.9 Å². The van der Waals surface area contributed by atoms with Crippen molar-refractivity contribution in [3.8, 4) is 0 Å². The monoisotopic (exact) mass is 336 g/mol. The summed E-state index contributed by atoms with van der Waals surface area (Å²) in [5, 5.41) is 3.82. The number of carbonyl (C=O) groups excluding carboxylic acids is 1. The average Bonchev–Trinajstić information content (AvgIpc) is 3.10. The fourth-order valence-electron chi connectivity index (χ4n) is 3.72. The zero-order valence-electron chi connectivity index (χ0n) is 13.9. The van der Waals surface area contributed by atoms with Gasteiger partial charge < -0.3 is 15.1 Å². The van der Waals surface area contributed by atoms with Crippen molar-refractivity contribution in [2.24, 2.45) is 5.92 Å². The minimum absolute atomic E-state index is 0.156. The summed E-state index contributed by atoms with van der Waals surface area (Å²) in [6.07, 6.45) is 4.37. The zero-order chi connectivity index (χ0) is 16.2. The first kappa shape index (κ1) is 16.6. The molecule has 2 aliphatic rings. The third kappa shape index (κ3) is 3.99. The Kier molecular flexibility index (Phi) is 5.44. The highest BCUT2D eigenvalue weighted by Crippen LogP contribution is 2.32. The number of rotatable bonds is 4. The number of hydrogen-bond donors (Lipinski definition) is 2. The molecule has 0 unspecified atom stereocenters. The fraction of sp³-hybridized carbons (Fsp3) is 0.611. The molecule has 0 radical (unpaired) electrons. The van der Waals surface area contributed by atoms with E-state index in [4.69, 9.17) is 11.6 Å². The van der Waals surface area contributed by atoms with Gasteiger partial charge in [0, 0.05) is 10.9 Å². The third-order valence-electron chi connectivity index (χ3n) is 5.25. The number of nitrogens with one attached hydrogen (secondary N) is 2. The normalized spacial score (nSPS) is 20.0. The summed E-state index contributed by atoms with van der Waals surface area (Å²) < 4.78 is 0. The van der Waals surface area contributed by atoms with E-state index in [0.29, 0.717) is 5.02 Å². The van der Waals surface area contributed by atoms with Crippen LogP contribution in [0.1, 0.15) is 32.6 Å². The van der Waals surface area contributed by atoms with E-state index in [0.717, 1.165) is 50.4 Å². The lowest BCUT2D eigenvalue weighted by Gasteiger charge is -2.34. The molecule has 1 aliphatic heterocycles. The van der Waals surface area contributed by atoms with E-state index in [1.54, 1.807) is 4.90 Å². The summed E-state index contributed by atoms with van der Waals surface area (Å²) in [6, 6.07) is 5.85. The smallest absolute Gasteiger partial charge is 0.227 e. The Balaban J connectivity index is 1.74. The second-order valence-electron chi connectivity index (χ2n) is 6.72. The van der Waals surface area contributed by atoms with Crippen LogP contribution in [0.5, 0.6) is 0 Å². The molecule has 5 heteroatoms. The first-order valence-electron chi connectivity index (χ1n) is 8.86. The van der Waals surface area contributed by atoms with E-state index in [2.05, 4.69) is 17.1 Å². The maximum absolute atomic E-state index is 12.5. The van der Waals surface area contributed by atoms with Crippen molar-refractivity contribution < 1.29 is 9.69 Å². The van der Waals surface area contributed by atoms with Gasteiger partial charge in [-0.05, 0) is 38.0 Å². The van der Waals surface area contributed by atoms with Crippen molar-refractivity contribution in [3.63, 3.8) is 0 Å². The Hall–Kier alpha value is -1.26. The van der Waals surface area contributed by atoms with Crippen molar-refractivity contribution >= 4 is 28.9 Å². The molecular weight excluding hydrogens is 310 g/mol. The Morgan fingerprint density at radius 3 is 2.65 bits per heavy atom. The molecular formula is C18H27ClN3O+. The SMILES string of the molecule is CC[NH+]1CCN(c2ccc(Cl)cc2NC(=O)C2CCCC2)CC1. The molecule has 0 bridgehead atoms. The van der Waals surface area contributed by atoms with Gasteiger partial charge in [-0.25, -0.2) is 0 Å². The van der Waals surface area contributed by atoms with E-state index in [9.17, 15) is 4.79 Å². The predicted molar refractivity (Wildman–Crippen MR) is 95.5 cm³/mol. The Morgan fingerprint density at radius 2 is 2.00 bits per heavy atom. The molecule has 3 rings (SSSR count). The largest absolute Gasteiger partial charge is 0.359 e. The van der Waals surface area contributed by atoms with Crippen molar-refractivity contribution in [2.45, 2.75) is 32.6 Å². The molecule has 0 atom stereocenters. The van der Waals surface area contributed by atoms with Crippen LogP contribution >= 0.6 is 11.6 Å². The van der Waals surface area contributed by atoms with E-state index in [-0.39, 0.29) is 11.8 Å². The lowest BCUT2D eigenvalue weighted by molar-refractivity contribution is -0.898. The van der Waals surface area contributed by atoms with E-state index in [1.165, 1.54) is 19.4 Å². The van der Waals surface area contributed by atoms with Crippen molar-refractivity contribution in [3.05, 3.63) is 23.2 Å². The molecule has 1 aliphatic carbocycles. The molecule has 2 fully saturated rings. The Bertz CT molecular complexity index is 549. The molecule has 0 spiro atoms. The van der Waals surface area contributed by atoms with Crippen molar-refractivity contribution in [1.29, 1.82) is 0 Å². The highest BCUT2D eigenvalue weighted by molar-refractivity contribution is 6.31. The number of benzene rings is 1. The molecule has 23 heavy (non-hydrogen) atoms. The molecule has 1 saturated carbocycles. The van der Waals surface area contributed by atoms with Gasteiger partial charge >= 0.3 is 0 Å². The number of piperazine rings is 1. The molecule has 0 aromatic heterocycles. The van der Waals surface area contributed by atoms with Gasteiger partial charge in [-0.3, -0.25) is 4.79 Å². The van der Waals surface area contributed by atoms with Gasteiger partial charge in [-0.1, -0.05) is 24.4 Å². The van der Waals surface area contributed by atoms with Gasteiger partial charge in [0.05, 0.1) is 44.1 Å². The molecule has 4 nitrogen and oxygen atoms in total. The summed E-state index contributed by atoms with van der Waals surface area (Å²) in [7, 11) is 0. The summed E-state index contributed by atoms with van der Waals surface area (Å²) in [4.78, 5) is 16.5. The van der Waals surface area contributed by atoms with Crippen LogP contribution < -0.4 is 15.1 Å². The van der Waals surface area contributed by atoms with Gasteiger partial charge in [0.15, 0.2) is 0 Å². The summed E-state index contributed by atoms with van der Waals surface area (Å²) >= 11 is 6.17. The third-order valence-corrected chi connectivity index (χ3v) is 5.49. The average molecular weight is 337 g/mol. The second kappa shape index (κ2) is 7.54. The van der Waals surface area contributed by atoms with Crippen LogP contribution in [0.15, 0.2) is 18.2 Å². The van der Waals surface area contributed by atoms with Crippen LogP contribution in [0, 0.1) is 5.92 Å². The quantitative estimate of drug-likeness (QED) is 0.884. The predicted octanol–water partition coefficient (Wildman–Crippen LogP) is 2.19. The number of nitrogens with zero attached hydrogens (tertiary/aromatic N) is 1. The van der Waals surface area contributed by atoms with Gasteiger partial charge in [0.2, 0.25) is 5.91 Å². The van der Waals surface area contributed by atoms with Crippen LogP contribution in [0.4, 0.5) is 11.4 Å². The molecule has 126 valence electrons. The first-order chi connectivity index (χ1) is 11.2. The van der Waals surface area contributed by atoms with E-state index < -0.39 is 0 Å². The summed E-state index contributed by atoms with van der Waals surface area (Å²) in [5.74, 6) is 0.326. The standard InChI is InChI=1S/C18H26ClN3O/c1-2-21-9-11-22(12-10-21)17-8-7-15(19)13-16(17)20-18(23)14-5-3-4-6-14/h7-8,13-14H,2-6,9-12H2,1H3,(H,20,23)/p+1. The van der Waals surface area contributed by atoms with Gasteiger partial charge in [0.1, 0.15) is 0 Å². The van der Waals surface area contributed by atoms with Crippen molar-refractivity contribution in [1.82, 2.24) is 0 Å². The van der Waals surface area contributed by atoms with Gasteiger partial charge in [-0.2, -0.15) is 0 Å². The topological polar surface area (TPSA) is 36.8 Å². The number of amides is 1. The number of likely N-dealkylation sites (N-methyl/N-ethyl adjacent to an activating group) is 1. The Labute approximate surface area is 143 Å². The molecule has 1 saturated heterocycles. The van der Waals surface area contributed by atoms with Gasteiger partial charge in [-0.15, -0.1) is 0 Å². The maximum Gasteiger partial charge on any atom is 0.227 e. The molecule has 1 aromatic rings. The Morgan fingerprint density at radius 1 is 1.30 bits per heavy atom. The highest BCUT2D eigenvalue weighted by atomic mass is 35.5. The van der Waals surface area contributed by atoms with E-state index in [1.807, 2.05) is 18.2 Å². The van der Waals surface area contributed by atoms with E-state index >= 15 is 0 Å². The highest BCUT2D eigenvalue weighted by Gasteiger charge is 2.25. The molecule has 1 heterocycles. The fourth-order valence-corrected chi connectivity index (χ4v) is 3.90. The van der Waals surface area contributed by atoms with Crippen LogP contribution in [0.25, 0.3) is 0 Å². The number of hydrogen-bond acceptors (Lipinski definition) is 2. The minimum atomic E-state index is 0.156. The molecule has 1 aromatic carbocycles.